The molecule has 152 valence electrons. The Morgan fingerprint density at radius 2 is 1.12 bits per heavy atom. The van der Waals surface area contributed by atoms with Crippen LogP contribution in [-0.4, -0.2) is 115 Å². The van der Waals surface area contributed by atoms with E-state index in [2.05, 4.69) is 0 Å². The van der Waals surface area contributed by atoms with Gasteiger partial charge in [0.2, 0.25) is 0 Å². The van der Waals surface area contributed by atoms with Crippen LogP contribution in [0.1, 0.15) is 0 Å². The van der Waals surface area contributed by atoms with Crippen LogP contribution in [0.3, 0.4) is 0 Å². The predicted molar refractivity (Wildman–Crippen MR) is 88.2 cm³/mol. The van der Waals surface area contributed by atoms with E-state index in [-0.39, 0.29) is 24.9 Å². The molecule has 5 atom stereocenters. The van der Waals surface area contributed by atoms with Crippen molar-refractivity contribution >= 4 is 0 Å². The molecule has 5 unspecified atom stereocenters. The summed E-state index contributed by atoms with van der Waals surface area (Å²) in [6.45, 7) is 7.57. The molecule has 4 rings (SSSR count). The van der Waals surface area contributed by atoms with Crippen molar-refractivity contribution in [1.82, 2.24) is 0 Å². The van der Waals surface area contributed by atoms with Crippen LogP contribution in [0.4, 0.5) is 0 Å². The van der Waals surface area contributed by atoms with E-state index in [1.54, 1.807) is 0 Å². The van der Waals surface area contributed by atoms with E-state index >= 15 is 0 Å². The van der Waals surface area contributed by atoms with Crippen LogP contribution in [0.25, 0.3) is 0 Å². The average Bonchev–Trinajstić information content (AvgIpc) is 3.49. The van der Waals surface area contributed by atoms with Gasteiger partial charge < -0.3 is 43.0 Å². The maximum Gasteiger partial charge on any atom is 0.104 e. The van der Waals surface area contributed by atoms with Gasteiger partial charge in [0, 0.05) is 0 Å². The van der Waals surface area contributed by atoms with Gasteiger partial charge in [-0.1, -0.05) is 0 Å². The molecule has 4 saturated heterocycles. The number of rotatable bonds is 15. The summed E-state index contributed by atoms with van der Waals surface area (Å²) >= 11 is 0. The molecule has 4 aliphatic heterocycles. The second kappa shape index (κ2) is 11.5. The zero-order valence-corrected chi connectivity index (χ0v) is 15.1. The molecule has 0 aromatic rings. The first-order chi connectivity index (χ1) is 12.8. The van der Waals surface area contributed by atoms with Crippen molar-refractivity contribution in [2.24, 2.45) is 0 Å². The molecular formula is C17H30O9. The number of hydrogen-bond acceptors (Lipinski definition) is 9. The third-order valence-corrected chi connectivity index (χ3v) is 3.92. The molecule has 0 amide bonds. The van der Waals surface area contributed by atoms with Crippen molar-refractivity contribution in [2.75, 3.05) is 79.3 Å². The van der Waals surface area contributed by atoms with Crippen molar-refractivity contribution in [1.29, 1.82) is 0 Å². The number of ether oxygens (including phenoxy) is 8. The fraction of sp³-hybridized carbons (Fsp3) is 1.00. The van der Waals surface area contributed by atoms with Gasteiger partial charge in [0.25, 0.3) is 0 Å². The van der Waals surface area contributed by atoms with Gasteiger partial charge >= 0.3 is 0 Å². The Labute approximate surface area is 153 Å². The Morgan fingerprint density at radius 1 is 0.692 bits per heavy atom. The maximum atomic E-state index is 8.96. The van der Waals surface area contributed by atoms with Gasteiger partial charge in [-0.2, -0.15) is 0 Å². The largest absolute Gasteiger partial charge is 0.394 e. The highest BCUT2D eigenvalue weighted by Gasteiger charge is 2.26. The third kappa shape index (κ3) is 10.7. The van der Waals surface area contributed by atoms with Crippen molar-refractivity contribution < 1.29 is 43.0 Å². The smallest absolute Gasteiger partial charge is 0.104 e. The SMILES string of the molecule is C(COCC1CO1)OCC1CO1.OCC(COCC1CO1)OCC1CO1. The third-order valence-electron chi connectivity index (χ3n) is 3.92. The summed E-state index contributed by atoms with van der Waals surface area (Å²) in [6, 6.07) is 0. The zero-order valence-electron chi connectivity index (χ0n) is 15.1. The summed E-state index contributed by atoms with van der Waals surface area (Å²) in [5, 5.41) is 8.96. The van der Waals surface area contributed by atoms with Crippen molar-refractivity contribution in [3.05, 3.63) is 0 Å². The number of epoxide rings is 4. The molecule has 9 nitrogen and oxygen atoms in total. The molecule has 0 aliphatic carbocycles. The molecule has 0 radical (unpaired) electrons. The molecule has 0 aromatic carbocycles. The van der Waals surface area contributed by atoms with Crippen LogP contribution in [0.5, 0.6) is 0 Å². The summed E-state index contributed by atoms with van der Waals surface area (Å²) in [4.78, 5) is 0. The quantitative estimate of drug-likeness (QED) is 0.283. The molecule has 26 heavy (non-hydrogen) atoms. The molecule has 1 N–H and O–H groups in total. The van der Waals surface area contributed by atoms with Crippen LogP contribution < -0.4 is 0 Å². The minimum atomic E-state index is -0.238. The Bertz CT molecular complexity index is 351. The predicted octanol–water partition coefficient (Wildman–Crippen LogP) is -1.00. The molecular weight excluding hydrogens is 348 g/mol. The Kier molecular flexibility index (Phi) is 8.99. The Balaban J connectivity index is 0.000000152. The number of hydrogen-bond donors (Lipinski definition) is 1. The van der Waals surface area contributed by atoms with Gasteiger partial charge in [-0.05, 0) is 0 Å². The molecule has 4 fully saturated rings. The summed E-state index contributed by atoms with van der Waals surface area (Å²) in [5.74, 6) is 0. The fourth-order valence-corrected chi connectivity index (χ4v) is 1.93. The summed E-state index contributed by atoms with van der Waals surface area (Å²) in [6.07, 6.45) is 0.975. The monoisotopic (exact) mass is 378 g/mol. The average molecular weight is 378 g/mol. The minimum absolute atomic E-state index is 0.0156. The van der Waals surface area contributed by atoms with Gasteiger partial charge in [-0.3, -0.25) is 0 Å². The first-order valence-corrected chi connectivity index (χ1v) is 9.25. The van der Waals surface area contributed by atoms with Gasteiger partial charge in [0.05, 0.1) is 79.3 Å². The second-order valence-electron chi connectivity index (χ2n) is 6.65. The lowest BCUT2D eigenvalue weighted by atomic mass is 10.4. The topological polar surface area (TPSA) is 107 Å². The summed E-state index contributed by atoms with van der Waals surface area (Å²) < 4.78 is 41.2. The van der Waals surface area contributed by atoms with Crippen LogP contribution in [0.15, 0.2) is 0 Å². The van der Waals surface area contributed by atoms with E-state index in [1.165, 1.54) is 0 Å². The Hall–Kier alpha value is -0.360. The molecule has 9 heteroatoms. The zero-order chi connectivity index (χ0) is 18.0. The first-order valence-electron chi connectivity index (χ1n) is 9.25. The summed E-state index contributed by atoms with van der Waals surface area (Å²) in [7, 11) is 0. The lowest BCUT2D eigenvalue weighted by Crippen LogP contribution is -2.26. The maximum absolute atomic E-state index is 8.96. The van der Waals surface area contributed by atoms with E-state index in [9.17, 15) is 0 Å². The van der Waals surface area contributed by atoms with E-state index in [4.69, 9.17) is 43.0 Å². The fourth-order valence-electron chi connectivity index (χ4n) is 1.93. The van der Waals surface area contributed by atoms with Crippen molar-refractivity contribution in [3.63, 3.8) is 0 Å². The van der Waals surface area contributed by atoms with Gasteiger partial charge in [-0.25, -0.2) is 0 Å². The van der Waals surface area contributed by atoms with Gasteiger partial charge in [-0.15, -0.1) is 0 Å². The van der Waals surface area contributed by atoms with E-state index in [0.29, 0.717) is 58.5 Å². The molecule has 0 spiro atoms. The van der Waals surface area contributed by atoms with Crippen LogP contribution in [-0.2, 0) is 37.9 Å². The van der Waals surface area contributed by atoms with E-state index in [1.807, 2.05) is 0 Å². The van der Waals surface area contributed by atoms with E-state index < -0.39 is 0 Å². The van der Waals surface area contributed by atoms with Crippen LogP contribution >= 0.6 is 0 Å². The van der Waals surface area contributed by atoms with E-state index in [0.717, 1.165) is 26.4 Å². The highest BCUT2D eigenvalue weighted by molar-refractivity contribution is 4.70. The molecule has 4 heterocycles. The standard InChI is InChI=1S/C9H16O5.C8H14O4/c10-1-7(12-5-9-6-14-9)2-11-3-8-4-13-8;1(9-3-7-5-11-7)2-10-4-8-6-12-8/h7-10H,1-6H2;7-8H,1-6H2. The molecule has 0 aromatic heterocycles. The van der Waals surface area contributed by atoms with Gasteiger partial charge in [0.1, 0.15) is 30.5 Å². The van der Waals surface area contributed by atoms with Crippen molar-refractivity contribution in [3.8, 4) is 0 Å². The van der Waals surface area contributed by atoms with Gasteiger partial charge in [0.15, 0.2) is 0 Å². The number of aliphatic hydroxyl groups excluding tert-OH is 1. The molecule has 4 aliphatic rings. The lowest BCUT2D eigenvalue weighted by Gasteiger charge is -2.14. The van der Waals surface area contributed by atoms with Crippen LogP contribution in [0, 0.1) is 0 Å². The summed E-state index contributed by atoms with van der Waals surface area (Å²) in [5.41, 5.74) is 0. The van der Waals surface area contributed by atoms with Crippen LogP contribution in [0.2, 0.25) is 0 Å². The second-order valence-corrected chi connectivity index (χ2v) is 6.65. The highest BCUT2D eigenvalue weighted by atomic mass is 16.6. The normalized spacial score (nSPS) is 31.7. The molecule has 0 bridgehead atoms. The lowest BCUT2D eigenvalue weighted by molar-refractivity contribution is -0.0481. The molecule has 0 saturated carbocycles. The Morgan fingerprint density at radius 3 is 1.54 bits per heavy atom. The minimum Gasteiger partial charge on any atom is -0.394 e. The first kappa shape index (κ1) is 20.4. The highest BCUT2D eigenvalue weighted by Crippen LogP contribution is 2.12. The number of aliphatic hydroxyl groups is 1. The van der Waals surface area contributed by atoms with Crippen molar-refractivity contribution in [2.45, 2.75) is 30.5 Å².